The SMILES string of the molecule is CCCCN1CC(CC(=O)O)CC(NC)C1. The zero-order valence-corrected chi connectivity index (χ0v) is 10.4. The molecule has 0 radical (unpaired) electrons. The summed E-state index contributed by atoms with van der Waals surface area (Å²) in [4.78, 5) is 13.1. The van der Waals surface area contributed by atoms with Gasteiger partial charge in [-0.05, 0) is 32.4 Å². The first-order valence-electron chi connectivity index (χ1n) is 6.27. The van der Waals surface area contributed by atoms with Crippen molar-refractivity contribution in [2.75, 3.05) is 26.7 Å². The number of carboxylic acids is 1. The number of hydrogen-bond acceptors (Lipinski definition) is 3. The highest BCUT2D eigenvalue weighted by Gasteiger charge is 2.27. The predicted molar refractivity (Wildman–Crippen MR) is 64.6 cm³/mol. The molecule has 1 aliphatic heterocycles. The van der Waals surface area contributed by atoms with Gasteiger partial charge >= 0.3 is 5.97 Å². The maximum absolute atomic E-state index is 10.7. The first-order valence-corrected chi connectivity index (χ1v) is 6.27. The van der Waals surface area contributed by atoms with E-state index in [1.807, 2.05) is 7.05 Å². The van der Waals surface area contributed by atoms with Gasteiger partial charge in [-0.2, -0.15) is 0 Å². The molecule has 1 saturated heterocycles. The average Bonchev–Trinajstić information content (AvgIpc) is 2.25. The number of aliphatic carboxylic acids is 1. The Bertz CT molecular complexity index is 221. The van der Waals surface area contributed by atoms with Gasteiger partial charge < -0.3 is 15.3 Å². The van der Waals surface area contributed by atoms with Crippen LogP contribution in [0.5, 0.6) is 0 Å². The van der Waals surface area contributed by atoms with Crippen molar-refractivity contribution in [1.82, 2.24) is 10.2 Å². The summed E-state index contributed by atoms with van der Waals surface area (Å²) in [5.74, 6) is -0.363. The van der Waals surface area contributed by atoms with Gasteiger partial charge in [0.05, 0.1) is 0 Å². The molecule has 2 atom stereocenters. The summed E-state index contributed by atoms with van der Waals surface area (Å²) in [6.07, 6.45) is 3.70. The highest BCUT2D eigenvalue weighted by molar-refractivity contribution is 5.67. The van der Waals surface area contributed by atoms with Crippen molar-refractivity contribution in [1.29, 1.82) is 0 Å². The Morgan fingerprint density at radius 3 is 2.81 bits per heavy atom. The lowest BCUT2D eigenvalue weighted by Crippen LogP contribution is -2.48. The minimum atomic E-state index is -0.669. The van der Waals surface area contributed by atoms with Gasteiger partial charge in [-0.25, -0.2) is 0 Å². The average molecular weight is 228 g/mol. The first kappa shape index (κ1) is 13.5. The van der Waals surface area contributed by atoms with E-state index in [2.05, 4.69) is 17.1 Å². The molecule has 1 rings (SSSR count). The fourth-order valence-corrected chi connectivity index (χ4v) is 2.47. The van der Waals surface area contributed by atoms with Crippen LogP contribution in [0.3, 0.4) is 0 Å². The Hall–Kier alpha value is -0.610. The number of hydrogen-bond donors (Lipinski definition) is 2. The van der Waals surface area contributed by atoms with Crippen LogP contribution in [0.2, 0.25) is 0 Å². The molecule has 0 spiro atoms. The Labute approximate surface area is 98.0 Å². The van der Waals surface area contributed by atoms with Crippen LogP contribution in [0.15, 0.2) is 0 Å². The number of likely N-dealkylation sites (N-methyl/N-ethyl adjacent to an activating group) is 1. The quantitative estimate of drug-likeness (QED) is 0.716. The molecular formula is C12H24N2O2. The van der Waals surface area contributed by atoms with Crippen LogP contribution in [0.1, 0.15) is 32.6 Å². The number of rotatable bonds is 6. The molecule has 0 bridgehead atoms. The van der Waals surface area contributed by atoms with E-state index in [-0.39, 0.29) is 0 Å². The number of carboxylic acid groups (broad SMARTS) is 1. The minimum Gasteiger partial charge on any atom is -0.481 e. The zero-order valence-electron chi connectivity index (χ0n) is 10.4. The van der Waals surface area contributed by atoms with Crippen LogP contribution in [0, 0.1) is 5.92 Å². The summed E-state index contributed by atoms with van der Waals surface area (Å²) in [6, 6.07) is 0.454. The summed E-state index contributed by atoms with van der Waals surface area (Å²) in [6.45, 7) is 5.30. The van der Waals surface area contributed by atoms with E-state index < -0.39 is 5.97 Å². The topological polar surface area (TPSA) is 52.6 Å². The van der Waals surface area contributed by atoms with E-state index in [1.54, 1.807) is 0 Å². The third-order valence-electron chi connectivity index (χ3n) is 3.31. The van der Waals surface area contributed by atoms with Gasteiger partial charge in [0, 0.05) is 25.6 Å². The zero-order chi connectivity index (χ0) is 12.0. The summed E-state index contributed by atoms with van der Waals surface area (Å²) < 4.78 is 0. The van der Waals surface area contributed by atoms with Crippen LogP contribution in [0.4, 0.5) is 0 Å². The van der Waals surface area contributed by atoms with E-state index in [0.29, 0.717) is 18.4 Å². The van der Waals surface area contributed by atoms with Crippen LogP contribution < -0.4 is 5.32 Å². The second-order valence-corrected chi connectivity index (χ2v) is 4.80. The standard InChI is InChI=1S/C12H24N2O2/c1-3-4-5-14-8-10(7-12(15)16)6-11(9-14)13-2/h10-11,13H,3-9H2,1-2H3,(H,15,16). The molecule has 4 nitrogen and oxygen atoms in total. The Morgan fingerprint density at radius 2 is 2.25 bits per heavy atom. The fourth-order valence-electron chi connectivity index (χ4n) is 2.47. The third-order valence-corrected chi connectivity index (χ3v) is 3.31. The number of carbonyl (C=O) groups is 1. The lowest BCUT2D eigenvalue weighted by molar-refractivity contribution is -0.138. The first-order chi connectivity index (χ1) is 7.65. The van der Waals surface area contributed by atoms with Gasteiger partial charge in [-0.1, -0.05) is 13.3 Å². The summed E-state index contributed by atoms with van der Waals surface area (Å²) in [5.41, 5.74) is 0. The lowest BCUT2D eigenvalue weighted by Gasteiger charge is -2.37. The summed E-state index contributed by atoms with van der Waals surface area (Å²) in [7, 11) is 1.96. The van der Waals surface area contributed by atoms with E-state index in [9.17, 15) is 4.79 Å². The van der Waals surface area contributed by atoms with E-state index in [1.165, 1.54) is 12.8 Å². The Morgan fingerprint density at radius 1 is 1.50 bits per heavy atom. The number of nitrogens with one attached hydrogen (secondary N) is 1. The van der Waals surface area contributed by atoms with Gasteiger partial charge in [0.1, 0.15) is 0 Å². The van der Waals surface area contributed by atoms with Crippen molar-refractivity contribution in [2.45, 2.75) is 38.6 Å². The van der Waals surface area contributed by atoms with Crippen molar-refractivity contribution in [3.05, 3.63) is 0 Å². The van der Waals surface area contributed by atoms with Gasteiger partial charge in [0.2, 0.25) is 0 Å². The molecule has 1 heterocycles. The number of unbranched alkanes of at least 4 members (excludes halogenated alkanes) is 1. The molecule has 2 N–H and O–H groups in total. The predicted octanol–water partition coefficient (Wildman–Crippen LogP) is 1.17. The third kappa shape index (κ3) is 4.49. The lowest BCUT2D eigenvalue weighted by atomic mass is 9.91. The van der Waals surface area contributed by atoms with E-state index >= 15 is 0 Å². The van der Waals surface area contributed by atoms with Crippen molar-refractivity contribution < 1.29 is 9.90 Å². The highest BCUT2D eigenvalue weighted by atomic mass is 16.4. The maximum Gasteiger partial charge on any atom is 0.303 e. The van der Waals surface area contributed by atoms with Gasteiger partial charge in [-0.15, -0.1) is 0 Å². The molecule has 1 fully saturated rings. The van der Waals surface area contributed by atoms with E-state index in [4.69, 9.17) is 5.11 Å². The number of piperidine rings is 1. The summed E-state index contributed by atoms with van der Waals surface area (Å²) >= 11 is 0. The van der Waals surface area contributed by atoms with Crippen molar-refractivity contribution in [3.63, 3.8) is 0 Å². The Kier molecular flexibility index (Phi) is 5.77. The molecule has 2 unspecified atom stereocenters. The van der Waals surface area contributed by atoms with Gasteiger partial charge in [0.25, 0.3) is 0 Å². The van der Waals surface area contributed by atoms with Crippen molar-refractivity contribution in [3.8, 4) is 0 Å². The van der Waals surface area contributed by atoms with Gasteiger partial charge in [0.15, 0.2) is 0 Å². The summed E-state index contributed by atoms with van der Waals surface area (Å²) in [5, 5.41) is 12.1. The molecular weight excluding hydrogens is 204 g/mol. The molecule has 0 aromatic rings. The fraction of sp³-hybridized carbons (Fsp3) is 0.917. The monoisotopic (exact) mass is 228 g/mol. The Balaban J connectivity index is 2.43. The normalized spacial score (nSPS) is 26.9. The van der Waals surface area contributed by atoms with E-state index in [0.717, 1.165) is 26.1 Å². The highest BCUT2D eigenvalue weighted by Crippen LogP contribution is 2.20. The molecule has 0 aromatic heterocycles. The van der Waals surface area contributed by atoms with Crippen LogP contribution in [0.25, 0.3) is 0 Å². The smallest absolute Gasteiger partial charge is 0.303 e. The second kappa shape index (κ2) is 6.86. The van der Waals surface area contributed by atoms with Crippen molar-refractivity contribution >= 4 is 5.97 Å². The molecule has 94 valence electrons. The molecule has 16 heavy (non-hydrogen) atoms. The largest absolute Gasteiger partial charge is 0.481 e. The molecule has 0 aromatic carbocycles. The van der Waals surface area contributed by atoms with Crippen LogP contribution >= 0.6 is 0 Å². The van der Waals surface area contributed by atoms with Crippen LogP contribution in [-0.4, -0.2) is 48.7 Å². The maximum atomic E-state index is 10.7. The molecule has 0 aliphatic carbocycles. The second-order valence-electron chi connectivity index (χ2n) is 4.80. The molecule has 0 amide bonds. The number of likely N-dealkylation sites (tertiary alicyclic amines) is 1. The minimum absolute atomic E-state index is 0.306. The van der Waals surface area contributed by atoms with Gasteiger partial charge in [-0.3, -0.25) is 4.79 Å². The van der Waals surface area contributed by atoms with Crippen molar-refractivity contribution in [2.24, 2.45) is 5.92 Å². The molecule has 0 saturated carbocycles. The molecule has 1 aliphatic rings. The molecule has 4 heteroatoms. The van der Waals surface area contributed by atoms with Crippen LogP contribution in [-0.2, 0) is 4.79 Å². The number of nitrogens with zero attached hydrogens (tertiary/aromatic N) is 1.